The van der Waals surface area contributed by atoms with Gasteiger partial charge in [0.15, 0.2) is 0 Å². The van der Waals surface area contributed by atoms with E-state index in [9.17, 15) is 13.6 Å². The molecule has 3 nitrogen and oxygen atoms in total. The molecule has 0 fully saturated rings. The fraction of sp³-hybridized carbons (Fsp3) is 0.0714. The van der Waals surface area contributed by atoms with Crippen LogP contribution in [0.2, 0.25) is 0 Å². The summed E-state index contributed by atoms with van der Waals surface area (Å²) >= 11 is 3.10. The summed E-state index contributed by atoms with van der Waals surface area (Å²) in [4.78, 5) is 10.9. The Balaban J connectivity index is 2.11. The summed E-state index contributed by atoms with van der Waals surface area (Å²) < 4.78 is 26.8. The Bertz CT molecular complexity index is 621. The van der Waals surface area contributed by atoms with E-state index in [2.05, 4.69) is 21.2 Å². The van der Waals surface area contributed by atoms with Gasteiger partial charge in [-0.05, 0) is 39.7 Å². The van der Waals surface area contributed by atoms with Gasteiger partial charge in [-0.3, -0.25) is 4.79 Å². The Morgan fingerprint density at radius 1 is 1.20 bits per heavy atom. The molecule has 1 amide bonds. The smallest absolute Gasteiger partial charge is 0.248 e. The number of nitrogens with one attached hydrogen (secondary N) is 1. The van der Waals surface area contributed by atoms with Crippen molar-refractivity contribution in [1.29, 1.82) is 0 Å². The molecule has 0 aliphatic carbocycles. The number of carbonyl (C=O) groups is 1. The molecule has 0 aliphatic rings. The maximum absolute atomic E-state index is 13.6. The summed E-state index contributed by atoms with van der Waals surface area (Å²) in [7, 11) is 0. The molecule has 2 rings (SSSR count). The summed E-state index contributed by atoms with van der Waals surface area (Å²) in [5, 5.41) is 2.87. The fourth-order valence-electron chi connectivity index (χ4n) is 1.69. The first-order chi connectivity index (χ1) is 9.47. The molecule has 104 valence electrons. The lowest BCUT2D eigenvalue weighted by atomic mass is 10.1. The van der Waals surface area contributed by atoms with Crippen molar-refractivity contribution in [1.82, 2.24) is 0 Å². The molecule has 3 N–H and O–H groups in total. The number of anilines is 1. The third-order valence-electron chi connectivity index (χ3n) is 2.71. The maximum Gasteiger partial charge on any atom is 0.248 e. The molecule has 0 saturated carbocycles. The molecule has 2 aromatic rings. The van der Waals surface area contributed by atoms with Gasteiger partial charge in [-0.15, -0.1) is 0 Å². The molecule has 0 bridgehead atoms. The summed E-state index contributed by atoms with van der Waals surface area (Å²) in [6.45, 7) is 0.334. The molecule has 2 aromatic carbocycles. The first kappa shape index (κ1) is 14.5. The number of rotatable bonds is 4. The van der Waals surface area contributed by atoms with E-state index in [1.54, 1.807) is 24.3 Å². The molecule has 0 spiro atoms. The van der Waals surface area contributed by atoms with Crippen molar-refractivity contribution in [3.8, 4) is 0 Å². The van der Waals surface area contributed by atoms with Crippen molar-refractivity contribution >= 4 is 27.5 Å². The zero-order valence-electron chi connectivity index (χ0n) is 10.3. The number of amides is 1. The summed E-state index contributed by atoms with van der Waals surface area (Å²) in [6.07, 6.45) is 0. The van der Waals surface area contributed by atoms with E-state index < -0.39 is 17.5 Å². The van der Waals surface area contributed by atoms with Crippen LogP contribution in [0.1, 0.15) is 15.9 Å². The number of hydrogen-bond donors (Lipinski definition) is 2. The molecule has 0 atom stereocenters. The molecule has 6 heteroatoms. The third kappa shape index (κ3) is 3.33. The first-order valence-corrected chi connectivity index (χ1v) is 6.54. The molecule has 20 heavy (non-hydrogen) atoms. The normalized spacial score (nSPS) is 10.3. The highest BCUT2D eigenvalue weighted by atomic mass is 79.9. The van der Waals surface area contributed by atoms with E-state index in [0.29, 0.717) is 16.6 Å². The van der Waals surface area contributed by atoms with Crippen LogP contribution in [0.5, 0.6) is 0 Å². The average molecular weight is 341 g/mol. The average Bonchev–Trinajstić information content (AvgIpc) is 2.38. The summed E-state index contributed by atoms with van der Waals surface area (Å²) in [6, 6.07) is 8.60. The molecular weight excluding hydrogens is 330 g/mol. The molecule has 0 aromatic heterocycles. The maximum atomic E-state index is 13.6. The van der Waals surface area contributed by atoms with Crippen molar-refractivity contribution in [2.75, 3.05) is 5.32 Å². The van der Waals surface area contributed by atoms with E-state index in [1.165, 1.54) is 6.07 Å². The van der Waals surface area contributed by atoms with Crippen LogP contribution >= 0.6 is 15.9 Å². The molecule has 0 heterocycles. The lowest BCUT2D eigenvalue weighted by Gasteiger charge is -2.10. The SMILES string of the molecule is NC(=O)c1ccc(CNc2c(F)cc(F)cc2Br)cc1. The van der Waals surface area contributed by atoms with Gasteiger partial charge in [0.25, 0.3) is 0 Å². The van der Waals surface area contributed by atoms with Crippen LogP contribution in [0.15, 0.2) is 40.9 Å². The zero-order valence-corrected chi connectivity index (χ0v) is 11.9. The number of nitrogens with two attached hydrogens (primary N) is 1. The van der Waals surface area contributed by atoms with Gasteiger partial charge in [0.1, 0.15) is 11.6 Å². The number of primary amides is 1. The van der Waals surface area contributed by atoms with Crippen LogP contribution in [-0.4, -0.2) is 5.91 Å². The van der Waals surface area contributed by atoms with Crippen LogP contribution in [-0.2, 0) is 6.54 Å². The monoisotopic (exact) mass is 340 g/mol. The largest absolute Gasteiger partial charge is 0.378 e. The topological polar surface area (TPSA) is 55.1 Å². The predicted molar refractivity (Wildman–Crippen MR) is 76.3 cm³/mol. The highest BCUT2D eigenvalue weighted by Gasteiger charge is 2.09. The van der Waals surface area contributed by atoms with E-state index in [0.717, 1.165) is 11.6 Å². The van der Waals surface area contributed by atoms with Crippen LogP contribution in [0.25, 0.3) is 0 Å². The van der Waals surface area contributed by atoms with Crippen molar-refractivity contribution < 1.29 is 13.6 Å². The highest BCUT2D eigenvalue weighted by Crippen LogP contribution is 2.27. The minimum atomic E-state index is -0.675. The fourth-order valence-corrected chi connectivity index (χ4v) is 2.24. The van der Waals surface area contributed by atoms with Crippen molar-refractivity contribution in [3.63, 3.8) is 0 Å². The molecular formula is C14H11BrF2N2O. The highest BCUT2D eigenvalue weighted by molar-refractivity contribution is 9.10. The lowest BCUT2D eigenvalue weighted by Crippen LogP contribution is -2.11. The third-order valence-corrected chi connectivity index (χ3v) is 3.34. The van der Waals surface area contributed by atoms with Gasteiger partial charge in [0, 0.05) is 22.6 Å². The van der Waals surface area contributed by atoms with E-state index in [-0.39, 0.29) is 5.69 Å². The van der Waals surface area contributed by atoms with E-state index >= 15 is 0 Å². The molecule has 0 saturated heterocycles. The van der Waals surface area contributed by atoms with Gasteiger partial charge < -0.3 is 11.1 Å². The Morgan fingerprint density at radius 2 is 1.85 bits per heavy atom. The second kappa shape index (κ2) is 6.00. The molecule has 0 aliphatic heterocycles. The molecule has 0 radical (unpaired) electrons. The minimum absolute atomic E-state index is 0.186. The predicted octanol–water partition coefficient (Wildman–Crippen LogP) is 3.44. The van der Waals surface area contributed by atoms with E-state index in [4.69, 9.17) is 5.73 Å². The second-order valence-electron chi connectivity index (χ2n) is 4.16. The lowest BCUT2D eigenvalue weighted by molar-refractivity contribution is 0.100. The van der Waals surface area contributed by atoms with Crippen LogP contribution in [0.3, 0.4) is 0 Å². The molecule has 0 unspecified atom stereocenters. The van der Waals surface area contributed by atoms with Gasteiger partial charge in [0.2, 0.25) is 5.91 Å². The standard InChI is InChI=1S/C14H11BrF2N2O/c15-11-5-10(16)6-12(17)13(11)19-7-8-1-3-9(4-2-8)14(18)20/h1-6,19H,7H2,(H2,18,20). The Hall–Kier alpha value is -1.95. The Kier molecular flexibility index (Phi) is 4.34. The van der Waals surface area contributed by atoms with Gasteiger partial charge in [0.05, 0.1) is 5.69 Å². The zero-order chi connectivity index (χ0) is 14.7. The van der Waals surface area contributed by atoms with Gasteiger partial charge in [-0.2, -0.15) is 0 Å². The number of hydrogen-bond acceptors (Lipinski definition) is 2. The first-order valence-electron chi connectivity index (χ1n) is 5.74. The van der Waals surface area contributed by atoms with Crippen LogP contribution < -0.4 is 11.1 Å². The van der Waals surface area contributed by atoms with Crippen LogP contribution in [0.4, 0.5) is 14.5 Å². The number of benzene rings is 2. The van der Waals surface area contributed by atoms with Gasteiger partial charge >= 0.3 is 0 Å². The van der Waals surface area contributed by atoms with Crippen molar-refractivity contribution in [3.05, 3.63) is 63.6 Å². The van der Waals surface area contributed by atoms with Gasteiger partial charge in [-0.1, -0.05) is 12.1 Å². The van der Waals surface area contributed by atoms with E-state index in [1.807, 2.05) is 0 Å². The number of halogens is 3. The Morgan fingerprint density at radius 3 is 2.40 bits per heavy atom. The Labute approximate surface area is 122 Å². The van der Waals surface area contributed by atoms with Crippen molar-refractivity contribution in [2.24, 2.45) is 5.73 Å². The second-order valence-corrected chi connectivity index (χ2v) is 5.01. The van der Waals surface area contributed by atoms with Gasteiger partial charge in [-0.25, -0.2) is 8.78 Å². The summed E-state index contributed by atoms with van der Waals surface area (Å²) in [5.74, 6) is -1.83. The number of carbonyl (C=O) groups excluding carboxylic acids is 1. The van der Waals surface area contributed by atoms with Crippen molar-refractivity contribution in [2.45, 2.75) is 6.54 Å². The minimum Gasteiger partial charge on any atom is -0.378 e. The quantitative estimate of drug-likeness (QED) is 0.895. The summed E-state index contributed by atoms with van der Waals surface area (Å²) in [5.41, 5.74) is 6.57. The van der Waals surface area contributed by atoms with Crippen LogP contribution in [0, 0.1) is 11.6 Å².